The van der Waals surface area contributed by atoms with Gasteiger partial charge in [0.1, 0.15) is 0 Å². The number of carboxylic acids is 1. The number of rotatable bonds is 3. The zero-order valence-corrected chi connectivity index (χ0v) is 8.62. The molecule has 1 aliphatic heterocycles. The minimum absolute atomic E-state index is 0.354. The minimum atomic E-state index is -3.71. The Balaban J connectivity index is 2.22. The van der Waals surface area contributed by atoms with E-state index in [1.54, 1.807) is 4.68 Å². The SMILES string of the molecule is O=C(O)C(F)(F)Cc1cnn2c1CCCC2. The number of halogens is 2. The van der Waals surface area contributed by atoms with Crippen molar-refractivity contribution < 1.29 is 18.7 Å². The molecule has 1 N–H and O–H groups in total. The van der Waals surface area contributed by atoms with Crippen molar-refractivity contribution in [2.45, 2.75) is 38.2 Å². The van der Waals surface area contributed by atoms with E-state index in [9.17, 15) is 13.6 Å². The summed E-state index contributed by atoms with van der Waals surface area (Å²) in [5, 5.41) is 12.4. The van der Waals surface area contributed by atoms with Crippen LogP contribution in [0.25, 0.3) is 0 Å². The molecule has 0 amide bonds. The quantitative estimate of drug-likeness (QED) is 0.855. The van der Waals surface area contributed by atoms with Crippen molar-refractivity contribution in [2.24, 2.45) is 0 Å². The number of carboxylic acid groups (broad SMARTS) is 1. The monoisotopic (exact) mass is 230 g/mol. The van der Waals surface area contributed by atoms with Crippen molar-refractivity contribution in [2.75, 3.05) is 0 Å². The highest BCUT2D eigenvalue weighted by Gasteiger charge is 2.40. The van der Waals surface area contributed by atoms with Gasteiger partial charge in [-0.2, -0.15) is 13.9 Å². The Kier molecular flexibility index (Phi) is 2.65. The number of alkyl halides is 2. The summed E-state index contributed by atoms with van der Waals surface area (Å²) in [6.45, 7) is 0.730. The van der Waals surface area contributed by atoms with Gasteiger partial charge in [-0.15, -0.1) is 0 Å². The lowest BCUT2D eigenvalue weighted by Gasteiger charge is -2.16. The first-order valence-corrected chi connectivity index (χ1v) is 5.15. The summed E-state index contributed by atoms with van der Waals surface area (Å²) in [6.07, 6.45) is 3.22. The molecule has 1 aliphatic rings. The number of fused-ring (bicyclic) bond motifs is 1. The van der Waals surface area contributed by atoms with Gasteiger partial charge in [-0.3, -0.25) is 4.68 Å². The summed E-state index contributed by atoms with van der Waals surface area (Å²) >= 11 is 0. The third kappa shape index (κ3) is 1.91. The molecule has 88 valence electrons. The highest BCUT2D eigenvalue weighted by molar-refractivity contribution is 5.75. The van der Waals surface area contributed by atoms with Crippen LogP contribution in [0.4, 0.5) is 8.78 Å². The van der Waals surface area contributed by atoms with Gasteiger partial charge in [-0.05, 0) is 24.8 Å². The van der Waals surface area contributed by atoms with E-state index >= 15 is 0 Å². The van der Waals surface area contributed by atoms with Crippen LogP contribution < -0.4 is 0 Å². The van der Waals surface area contributed by atoms with Crippen LogP contribution in [0.15, 0.2) is 6.20 Å². The molecule has 0 saturated heterocycles. The normalized spacial score (nSPS) is 15.9. The summed E-state index contributed by atoms with van der Waals surface area (Å²) in [5.74, 6) is -5.79. The minimum Gasteiger partial charge on any atom is -0.477 e. The molecule has 2 heterocycles. The number of carbonyl (C=O) groups is 1. The molecule has 16 heavy (non-hydrogen) atoms. The van der Waals surface area contributed by atoms with Gasteiger partial charge in [0.05, 0.1) is 12.6 Å². The maximum absolute atomic E-state index is 13.0. The number of hydrogen-bond donors (Lipinski definition) is 1. The number of aryl methyl sites for hydroxylation is 1. The lowest BCUT2D eigenvalue weighted by atomic mass is 10.0. The van der Waals surface area contributed by atoms with Gasteiger partial charge in [0.25, 0.3) is 0 Å². The smallest absolute Gasteiger partial charge is 0.374 e. The van der Waals surface area contributed by atoms with Gasteiger partial charge in [-0.25, -0.2) is 4.79 Å². The fraction of sp³-hybridized carbons (Fsp3) is 0.600. The van der Waals surface area contributed by atoms with E-state index in [1.165, 1.54) is 6.20 Å². The summed E-state index contributed by atoms with van der Waals surface area (Å²) in [7, 11) is 0. The molecule has 0 atom stereocenters. The second-order valence-electron chi connectivity index (χ2n) is 3.98. The summed E-state index contributed by atoms with van der Waals surface area (Å²) in [5.41, 5.74) is 1.11. The molecule has 0 radical (unpaired) electrons. The van der Waals surface area contributed by atoms with E-state index < -0.39 is 18.3 Å². The van der Waals surface area contributed by atoms with E-state index in [0.29, 0.717) is 12.0 Å². The summed E-state index contributed by atoms with van der Waals surface area (Å²) in [4.78, 5) is 10.3. The third-order valence-electron chi connectivity index (χ3n) is 2.79. The van der Waals surface area contributed by atoms with Crippen molar-refractivity contribution in [3.05, 3.63) is 17.5 Å². The van der Waals surface area contributed by atoms with Crippen molar-refractivity contribution in [3.63, 3.8) is 0 Å². The summed E-state index contributed by atoms with van der Waals surface area (Å²) < 4.78 is 27.8. The molecule has 0 bridgehead atoms. The Bertz CT molecular complexity index is 415. The van der Waals surface area contributed by atoms with Crippen molar-refractivity contribution >= 4 is 5.97 Å². The molecule has 0 saturated carbocycles. The van der Waals surface area contributed by atoms with Crippen molar-refractivity contribution in [1.29, 1.82) is 0 Å². The van der Waals surface area contributed by atoms with Gasteiger partial charge in [0.2, 0.25) is 0 Å². The van der Waals surface area contributed by atoms with Crippen LogP contribution in [0.5, 0.6) is 0 Å². The zero-order valence-electron chi connectivity index (χ0n) is 8.62. The van der Waals surface area contributed by atoms with E-state index in [2.05, 4.69) is 5.10 Å². The molecule has 6 heteroatoms. The molecule has 0 aliphatic carbocycles. The summed E-state index contributed by atoms with van der Waals surface area (Å²) in [6, 6.07) is 0. The van der Waals surface area contributed by atoms with Crippen LogP contribution in [-0.2, 0) is 24.2 Å². The predicted octanol–water partition coefficient (Wildman–Crippen LogP) is 1.48. The van der Waals surface area contributed by atoms with Crippen LogP contribution in [0, 0.1) is 0 Å². The third-order valence-corrected chi connectivity index (χ3v) is 2.79. The van der Waals surface area contributed by atoms with Crippen molar-refractivity contribution in [3.8, 4) is 0 Å². The maximum atomic E-state index is 13.0. The molecule has 4 nitrogen and oxygen atoms in total. The Morgan fingerprint density at radius 1 is 1.56 bits per heavy atom. The van der Waals surface area contributed by atoms with Gasteiger partial charge in [0.15, 0.2) is 0 Å². The van der Waals surface area contributed by atoms with Gasteiger partial charge >= 0.3 is 11.9 Å². The number of aliphatic carboxylic acids is 1. The standard InChI is InChI=1S/C10H12F2N2O2/c11-10(12,9(15)16)5-7-6-13-14-4-2-1-3-8(7)14/h6H,1-5H2,(H,15,16). The molecule has 0 fully saturated rings. The average Bonchev–Trinajstić information content (AvgIpc) is 2.61. The highest BCUT2D eigenvalue weighted by Crippen LogP contribution is 2.25. The Labute approximate surface area is 90.9 Å². The van der Waals surface area contributed by atoms with E-state index in [4.69, 9.17) is 5.11 Å². The predicted molar refractivity (Wildman–Crippen MR) is 51.5 cm³/mol. The van der Waals surface area contributed by atoms with E-state index in [1.807, 2.05) is 0 Å². The van der Waals surface area contributed by atoms with E-state index in [0.717, 1.165) is 25.1 Å². The fourth-order valence-electron chi connectivity index (χ4n) is 1.95. The first kappa shape index (κ1) is 11.0. The topological polar surface area (TPSA) is 55.1 Å². The molecular weight excluding hydrogens is 218 g/mol. The Morgan fingerprint density at radius 2 is 2.31 bits per heavy atom. The average molecular weight is 230 g/mol. The second kappa shape index (κ2) is 3.84. The lowest BCUT2D eigenvalue weighted by Crippen LogP contribution is -2.31. The van der Waals surface area contributed by atoms with Crippen LogP contribution in [0.1, 0.15) is 24.1 Å². The molecule has 0 spiro atoms. The van der Waals surface area contributed by atoms with Crippen LogP contribution in [-0.4, -0.2) is 26.8 Å². The first-order valence-electron chi connectivity index (χ1n) is 5.15. The lowest BCUT2D eigenvalue weighted by molar-refractivity contribution is -0.164. The van der Waals surface area contributed by atoms with Gasteiger partial charge < -0.3 is 5.11 Å². The number of aromatic nitrogens is 2. The van der Waals surface area contributed by atoms with Crippen LogP contribution >= 0.6 is 0 Å². The highest BCUT2D eigenvalue weighted by atomic mass is 19.3. The molecule has 1 aromatic heterocycles. The molecule has 1 aromatic rings. The molecule has 0 unspecified atom stereocenters. The van der Waals surface area contributed by atoms with Gasteiger partial charge in [0, 0.05) is 12.2 Å². The van der Waals surface area contributed by atoms with Crippen LogP contribution in [0.2, 0.25) is 0 Å². The largest absolute Gasteiger partial charge is 0.477 e. The first-order chi connectivity index (χ1) is 7.50. The zero-order chi connectivity index (χ0) is 11.8. The maximum Gasteiger partial charge on any atom is 0.374 e. The molecule has 0 aromatic carbocycles. The Morgan fingerprint density at radius 3 is 3.00 bits per heavy atom. The van der Waals surface area contributed by atoms with Crippen LogP contribution in [0.3, 0.4) is 0 Å². The van der Waals surface area contributed by atoms with E-state index in [-0.39, 0.29) is 0 Å². The van der Waals surface area contributed by atoms with Crippen molar-refractivity contribution in [1.82, 2.24) is 9.78 Å². The molecule has 2 rings (SSSR count). The Hall–Kier alpha value is -1.46. The second-order valence-corrected chi connectivity index (χ2v) is 3.98. The van der Waals surface area contributed by atoms with Gasteiger partial charge in [-0.1, -0.05) is 0 Å². The number of nitrogens with zero attached hydrogens (tertiary/aromatic N) is 2. The number of hydrogen-bond acceptors (Lipinski definition) is 2. The fourth-order valence-corrected chi connectivity index (χ4v) is 1.95. The molecular formula is C10H12F2N2O2.